The number of aromatic amines is 1. The molecule has 0 spiro atoms. The number of nitrogens with one attached hydrogen (secondary N) is 1. The number of aliphatic hydroxyl groups excluding tert-OH is 1. The average Bonchev–Trinajstić information content (AvgIpc) is 2.92. The Labute approximate surface area is 139 Å². The second-order valence-corrected chi connectivity index (χ2v) is 8.29. The predicted molar refractivity (Wildman–Crippen MR) is 86.2 cm³/mol. The maximum Gasteiger partial charge on any atom is 0.330 e. The first kappa shape index (κ1) is 19.1. The first-order valence-electron chi connectivity index (χ1n) is 7.57. The number of nitrogens with zero attached hydrogens (tertiary/aromatic N) is 1. The number of H-pyrrole nitrogens is 1. The maximum absolute atomic E-state index is 12.2. The van der Waals surface area contributed by atoms with Gasteiger partial charge in [0, 0.05) is 32.4 Å². The summed E-state index contributed by atoms with van der Waals surface area (Å²) < 4.78 is 29.1. The zero-order valence-electron chi connectivity index (χ0n) is 14.1. The van der Waals surface area contributed by atoms with E-state index in [1.165, 1.54) is 25.0 Å². The first-order valence-corrected chi connectivity index (χ1v) is 9.29. The molecule has 1 fully saturated rings. The largest absolute Gasteiger partial charge is 0.390 e. The van der Waals surface area contributed by atoms with E-state index in [4.69, 9.17) is 13.8 Å². The SMILES string of the molecule is COP(=O)(C[C@H](C)[C@H]1O[C@@H](n2cc(C)c(=O)[nH]c2=O)CC1O)OC. The summed E-state index contributed by atoms with van der Waals surface area (Å²) in [5, 5.41) is 10.3. The molecule has 1 aromatic rings. The van der Waals surface area contributed by atoms with Crippen LogP contribution >= 0.6 is 7.60 Å². The molecule has 2 heterocycles. The van der Waals surface area contributed by atoms with Crippen molar-refractivity contribution in [3.63, 3.8) is 0 Å². The lowest BCUT2D eigenvalue weighted by atomic mass is 10.0. The smallest absolute Gasteiger partial charge is 0.330 e. The van der Waals surface area contributed by atoms with Gasteiger partial charge in [-0.2, -0.15) is 0 Å². The fourth-order valence-electron chi connectivity index (χ4n) is 2.84. The van der Waals surface area contributed by atoms with E-state index >= 15 is 0 Å². The molecule has 2 rings (SSSR count). The Morgan fingerprint density at radius 3 is 2.67 bits per heavy atom. The van der Waals surface area contributed by atoms with Crippen LogP contribution in [-0.4, -0.2) is 47.2 Å². The molecule has 9 nitrogen and oxygen atoms in total. The highest BCUT2D eigenvalue weighted by molar-refractivity contribution is 7.53. The topological polar surface area (TPSA) is 120 Å². The van der Waals surface area contributed by atoms with Gasteiger partial charge in [0.2, 0.25) is 0 Å². The summed E-state index contributed by atoms with van der Waals surface area (Å²) >= 11 is 0. The molecule has 136 valence electrons. The van der Waals surface area contributed by atoms with Gasteiger partial charge in [0.15, 0.2) is 0 Å². The van der Waals surface area contributed by atoms with Gasteiger partial charge in [-0.15, -0.1) is 0 Å². The number of aliphatic hydroxyl groups is 1. The van der Waals surface area contributed by atoms with E-state index in [1.807, 2.05) is 0 Å². The third kappa shape index (κ3) is 3.87. The van der Waals surface area contributed by atoms with Crippen molar-refractivity contribution in [3.8, 4) is 0 Å². The van der Waals surface area contributed by atoms with Gasteiger partial charge in [0.1, 0.15) is 6.23 Å². The van der Waals surface area contributed by atoms with Crippen LogP contribution in [-0.2, 0) is 18.3 Å². The molecule has 0 aromatic carbocycles. The maximum atomic E-state index is 12.2. The van der Waals surface area contributed by atoms with Gasteiger partial charge in [-0.05, 0) is 12.8 Å². The third-order valence-corrected chi connectivity index (χ3v) is 6.36. The van der Waals surface area contributed by atoms with Gasteiger partial charge in [-0.25, -0.2) is 4.79 Å². The molecule has 0 saturated carbocycles. The zero-order valence-corrected chi connectivity index (χ0v) is 15.0. The standard InChI is InChI=1S/C14H23N2O7P/c1-8-6-16(14(19)15-13(8)18)11-5-10(17)12(23-11)9(2)7-24(20,21-3)22-4/h6,9-12,17H,5,7H2,1-4H3,(H,15,18,19)/t9-,10?,11+,12+/m0/s1. The van der Waals surface area contributed by atoms with E-state index in [9.17, 15) is 19.3 Å². The molecule has 1 aliphatic rings. The molecular formula is C14H23N2O7P. The van der Waals surface area contributed by atoms with Gasteiger partial charge in [-0.1, -0.05) is 6.92 Å². The number of aryl methyl sites for hydroxylation is 1. The van der Waals surface area contributed by atoms with Crippen LogP contribution in [0.4, 0.5) is 0 Å². The van der Waals surface area contributed by atoms with Crippen LogP contribution in [0.25, 0.3) is 0 Å². The molecule has 1 saturated heterocycles. The summed E-state index contributed by atoms with van der Waals surface area (Å²) in [4.78, 5) is 25.6. The Morgan fingerprint density at radius 1 is 1.46 bits per heavy atom. The molecule has 1 unspecified atom stereocenters. The Morgan fingerprint density at radius 2 is 2.08 bits per heavy atom. The monoisotopic (exact) mass is 362 g/mol. The minimum absolute atomic E-state index is 0.0774. The molecule has 0 amide bonds. The number of hydrogen-bond donors (Lipinski definition) is 2. The van der Waals surface area contributed by atoms with Crippen molar-refractivity contribution < 1.29 is 23.5 Å². The van der Waals surface area contributed by atoms with Gasteiger partial charge in [0.05, 0.1) is 18.4 Å². The Bertz CT molecular complexity index is 735. The summed E-state index contributed by atoms with van der Waals surface area (Å²) in [5.74, 6) is -0.324. The number of aromatic nitrogens is 2. The van der Waals surface area contributed by atoms with Crippen LogP contribution in [0.1, 0.15) is 25.1 Å². The van der Waals surface area contributed by atoms with Crippen LogP contribution in [0, 0.1) is 12.8 Å². The minimum atomic E-state index is -3.24. The van der Waals surface area contributed by atoms with E-state index in [0.717, 1.165) is 0 Å². The van der Waals surface area contributed by atoms with Crippen molar-refractivity contribution in [1.82, 2.24) is 9.55 Å². The van der Waals surface area contributed by atoms with Crippen molar-refractivity contribution in [2.24, 2.45) is 5.92 Å². The minimum Gasteiger partial charge on any atom is -0.390 e. The van der Waals surface area contributed by atoms with E-state index in [2.05, 4.69) is 4.98 Å². The first-order chi connectivity index (χ1) is 11.2. The lowest BCUT2D eigenvalue weighted by molar-refractivity contribution is -0.0433. The molecule has 4 atom stereocenters. The molecule has 24 heavy (non-hydrogen) atoms. The van der Waals surface area contributed by atoms with Crippen molar-refractivity contribution >= 4 is 7.60 Å². The van der Waals surface area contributed by atoms with Crippen molar-refractivity contribution in [2.45, 2.75) is 38.7 Å². The van der Waals surface area contributed by atoms with E-state index in [1.54, 1.807) is 13.8 Å². The highest BCUT2D eigenvalue weighted by atomic mass is 31.2. The van der Waals surface area contributed by atoms with E-state index in [-0.39, 0.29) is 18.5 Å². The van der Waals surface area contributed by atoms with Crippen LogP contribution in [0.15, 0.2) is 15.8 Å². The van der Waals surface area contributed by atoms with Crippen molar-refractivity contribution in [3.05, 3.63) is 32.6 Å². The van der Waals surface area contributed by atoms with Gasteiger partial charge in [-0.3, -0.25) is 18.9 Å². The molecule has 0 radical (unpaired) electrons. The van der Waals surface area contributed by atoms with Crippen molar-refractivity contribution in [2.75, 3.05) is 20.4 Å². The molecular weight excluding hydrogens is 339 g/mol. The summed E-state index contributed by atoms with van der Waals surface area (Å²) in [6.07, 6.45) is -0.515. The van der Waals surface area contributed by atoms with E-state index < -0.39 is 37.3 Å². The number of rotatable bonds is 6. The van der Waals surface area contributed by atoms with Crippen molar-refractivity contribution in [1.29, 1.82) is 0 Å². The quantitative estimate of drug-likeness (QED) is 0.712. The average molecular weight is 362 g/mol. The normalized spacial score (nSPS) is 25.8. The summed E-state index contributed by atoms with van der Waals surface area (Å²) in [5.41, 5.74) is -0.691. The van der Waals surface area contributed by atoms with Gasteiger partial charge in [0.25, 0.3) is 5.56 Å². The van der Waals surface area contributed by atoms with Gasteiger partial charge >= 0.3 is 13.3 Å². The fraction of sp³-hybridized carbons (Fsp3) is 0.714. The number of ether oxygens (including phenoxy) is 1. The molecule has 1 aliphatic heterocycles. The molecule has 2 N–H and O–H groups in total. The lowest BCUT2D eigenvalue weighted by Gasteiger charge is -2.25. The second-order valence-electron chi connectivity index (χ2n) is 5.97. The van der Waals surface area contributed by atoms with E-state index in [0.29, 0.717) is 5.56 Å². The molecule has 1 aromatic heterocycles. The second kappa shape index (κ2) is 7.33. The van der Waals surface area contributed by atoms with Gasteiger partial charge < -0.3 is 18.9 Å². The summed E-state index contributed by atoms with van der Waals surface area (Å²) in [7, 11) is -0.639. The Kier molecular flexibility index (Phi) is 5.83. The predicted octanol–water partition coefficient (Wildman–Crippen LogP) is 0.615. The van der Waals surface area contributed by atoms with Crippen LogP contribution in [0.3, 0.4) is 0 Å². The molecule has 0 aliphatic carbocycles. The lowest BCUT2D eigenvalue weighted by Crippen LogP contribution is -2.34. The Hall–Kier alpha value is -1.25. The summed E-state index contributed by atoms with van der Waals surface area (Å²) in [6.45, 7) is 3.34. The highest BCUT2D eigenvalue weighted by Crippen LogP contribution is 2.49. The fourth-order valence-corrected chi connectivity index (χ4v) is 4.20. The van der Waals surface area contributed by atoms with Crippen LogP contribution in [0.2, 0.25) is 0 Å². The Balaban J connectivity index is 2.18. The van der Waals surface area contributed by atoms with Crippen LogP contribution in [0.5, 0.6) is 0 Å². The third-order valence-electron chi connectivity index (χ3n) is 4.22. The van der Waals surface area contributed by atoms with Crippen LogP contribution < -0.4 is 11.2 Å². The molecule has 0 bridgehead atoms. The molecule has 10 heteroatoms. The highest BCUT2D eigenvalue weighted by Gasteiger charge is 2.41. The number of hydrogen-bond acceptors (Lipinski definition) is 7. The zero-order chi connectivity index (χ0) is 18.1. The summed E-state index contributed by atoms with van der Waals surface area (Å²) in [6, 6.07) is 0.